The molecule has 156 valence electrons. The molecule has 0 radical (unpaired) electrons. The number of carbonyl (C=O) groups is 1. The Balaban J connectivity index is 2.81. The molecule has 0 amide bonds. The predicted octanol–water partition coefficient (Wildman–Crippen LogP) is 5.08. The van der Waals surface area contributed by atoms with E-state index in [9.17, 15) is 10.1 Å². The van der Waals surface area contributed by atoms with Gasteiger partial charge < -0.3 is 4.74 Å². The highest BCUT2D eigenvalue weighted by molar-refractivity contribution is 9.10. The van der Waals surface area contributed by atoms with Crippen molar-refractivity contribution < 1.29 is 9.53 Å². The number of aromatic nitrogens is 4. The zero-order chi connectivity index (χ0) is 22.3. The van der Waals surface area contributed by atoms with Crippen LogP contribution < -0.4 is 0 Å². The van der Waals surface area contributed by atoms with Crippen LogP contribution in [0.1, 0.15) is 58.5 Å². The Kier molecular flexibility index (Phi) is 6.36. The number of ether oxygens (including phenoxy) is 1. The van der Waals surface area contributed by atoms with Crippen molar-refractivity contribution in [2.24, 2.45) is 12.5 Å². The minimum absolute atomic E-state index is 0.0264. The Morgan fingerprint density at radius 1 is 1.24 bits per heavy atom. The highest BCUT2D eigenvalue weighted by atomic mass is 79.9. The summed E-state index contributed by atoms with van der Waals surface area (Å²) in [5.41, 5.74) is 0.679. The zero-order valence-corrected chi connectivity index (χ0v) is 20.2. The van der Waals surface area contributed by atoms with Gasteiger partial charge in [0.05, 0.1) is 26.8 Å². The molecule has 0 aliphatic rings. The summed E-state index contributed by atoms with van der Waals surface area (Å²) in [7, 11) is 1.68. The average molecular weight is 483 g/mol. The van der Waals surface area contributed by atoms with Gasteiger partial charge in [-0.05, 0) is 43.6 Å². The SMILES string of the molecule is Cc1nn(C)c(Cl)c1C(OC(=O)C(C)(C)C)=C(C#N)n1cc(Br)c(C(C)(C)C)n1. The maximum atomic E-state index is 12.7. The Hall–Kier alpha value is -2.11. The van der Waals surface area contributed by atoms with E-state index in [1.165, 1.54) is 9.36 Å². The number of nitriles is 1. The van der Waals surface area contributed by atoms with Gasteiger partial charge >= 0.3 is 5.97 Å². The molecular weight excluding hydrogens is 458 g/mol. The van der Waals surface area contributed by atoms with E-state index in [1.807, 2.05) is 20.8 Å². The summed E-state index contributed by atoms with van der Waals surface area (Å²) in [5, 5.41) is 19.1. The van der Waals surface area contributed by atoms with Crippen LogP contribution in [0.25, 0.3) is 11.5 Å². The second kappa shape index (κ2) is 7.96. The molecule has 2 heterocycles. The van der Waals surface area contributed by atoms with Crippen LogP contribution in [0, 0.1) is 23.7 Å². The van der Waals surface area contributed by atoms with Gasteiger partial charge in [0.15, 0.2) is 11.5 Å². The van der Waals surface area contributed by atoms with Crippen molar-refractivity contribution in [1.29, 1.82) is 5.26 Å². The molecule has 9 heteroatoms. The fraction of sp³-hybridized carbons (Fsp3) is 0.500. The van der Waals surface area contributed by atoms with Crippen LogP contribution >= 0.6 is 27.5 Å². The number of carbonyl (C=O) groups excluding carboxylic acids is 1. The molecule has 0 aliphatic heterocycles. The molecule has 2 aromatic heterocycles. The molecule has 0 spiro atoms. The molecule has 2 aromatic rings. The summed E-state index contributed by atoms with van der Waals surface area (Å²) in [5.74, 6) is -0.472. The first kappa shape index (κ1) is 23.2. The van der Waals surface area contributed by atoms with Crippen LogP contribution in [0.3, 0.4) is 0 Å². The number of hydrogen-bond acceptors (Lipinski definition) is 5. The molecule has 0 fully saturated rings. The quantitative estimate of drug-likeness (QED) is 0.346. The van der Waals surface area contributed by atoms with Crippen LogP contribution in [0.4, 0.5) is 0 Å². The topological polar surface area (TPSA) is 85.7 Å². The van der Waals surface area contributed by atoms with E-state index in [4.69, 9.17) is 16.3 Å². The fourth-order valence-electron chi connectivity index (χ4n) is 2.53. The molecule has 0 aromatic carbocycles. The van der Waals surface area contributed by atoms with Crippen molar-refractivity contribution >= 4 is 45.0 Å². The standard InChI is InChI=1S/C20H25BrClN5O2/c1-11-14(17(22)26(8)24-11)15(29-18(28)20(5,6)7)13(9-23)27-10-12(21)16(25-27)19(2,3)4/h10H,1-8H3. The fourth-order valence-corrected chi connectivity index (χ4v) is 3.66. The van der Waals surface area contributed by atoms with E-state index in [1.54, 1.807) is 40.9 Å². The van der Waals surface area contributed by atoms with Crippen molar-refractivity contribution in [3.63, 3.8) is 0 Å². The summed E-state index contributed by atoms with van der Waals surface area (Å²) < 4.78 is 9.33. The number of allylic oxidation sites excluding steroid dienone is 1. The predicted molar refractivity (Wildman–Crippen MR) is 116 cm³/mol. The van der Waals surface area contributed by atoms with E-state index in [0.717, 1.165) is 10.2 Å². The molecule has 29 heavy (non-hydrogen) atoms. The Morgan fingerprint density at radius 2 is 1.83 bits per heavy atom. The van der Waals surface area contributed by atoms with E-state index in [0.29, 0.717) is 11.3 Å². The second-order valence-electron chi connectivity index (χ2n) is 8.82. The molecule has 0 bridgehead atoms. The van der Waals surface area contributed by atoms with Gasteiger partial charge in [-0.2, -0.15) is 15.5 Å². The van der Waals surface area contributed by atoms with Crippen LogP contribution in [-0.2, 0) is 22.0 Å². The van der Waals surface area contributed by atoms with Gasteiger partial charge in [0, 0.05) is 18.7 Å². The molecule has 0 aliphatic carbocycles. The van der Waals surface area contributed by atoms with Gasteiger partial charge in [-0.25, -0.2) is 4.68 Å². The number of halogens is 2. The number of hydrogen-bond donors (Lipinski definition) is 0. The third-order valence-corrected chi connectivity index (χ3v) is 5.13. The molecule has 0 saturated heterocycles. The smallest absolute Gasteiger partial charge is 0.316 e. The van der Waals surface area contributed by atoms with Crippen LogP contribution in [0.15, 0.2) is 10.7 Å². The number of rotatable bonds is 3. The molecule has 2 rings (SSSR count). The van der Waals surface area contributed by atoms with Gasteiger partial charge in [0.1, 0.15) is 11.2 Å². The summed E-state index contributed by atoms with van der Waals surface area (Å²) in [6.45, 7) is 13.0. The van der Waals surface area contributed by atoms with Gasteiger partial charge in [0.2, 0.25) is 0 Å². The van der Waals surface area contributed by atoms with Crippen molar-refractivity contribution in [2.75, 3.05) is 0 Å². The molecular formula is C20H25BrClN5O2. The molecule has 0 saturated carbocycles. The minimum Gasteiger partial charge on any atom is -0.422 e. The van der Waals surface area contributed by atoms with E-state index >= 15 is 0 Å². The number of nitrogens with zero attached hydrogens (tertiary/aromatic N) is 5. The summed E-state index contributed by atoms with van der Waals surface area (Å²) >= 11 is 9.94. The lowest BCUT2D eigenvalue weighted by atomic mass is 9.93. The molecule has 7 nitrogen and oxygen atoms in total. The minimum atomic E-state index is -0.782. The third kappa shape index (κ3) is 4.73. The van der Waals surface area contributed by atoms with E-state index < -0.39 is 11.4 Å². The van der Waals surface area contributed by atoms with Gasteiger partial charge in [-0.3, -0.25) is 9.48 Å². The maximum absolute atomic E-state index is 12.7. The molecule has 0 N–H and O–H groups in total. The Morgan fingerprint density at radius 3 is 2.21 bits per heavy atom. The lowest BCUT2D eigenvalue weighted by Gasteiger charge is -2.19. The normalized spacial score (nSPS) is 13.1. The van der Waals surface area contributed by atoms with Crippen LogP contribution in [-0.4, -0.2) is 25.5 Å². The molecule has 0 atom stereocenters. The largest absolute Gasteiger partial charge is 0.422 e. The summed E-state index contributed by atoms with van der Waals surface area (Å²) in [4.78, 5) is 12.7. The first-order valence-corrected chi connectivity index (χ1v) is 10.2. The monoisotopic (exact) mass is 481 g/mol. The first-order chi connectivity index (χ1) is 13.2. The van der Waals surface area contributed by atoms with Gasteiger partial charge in [0.25, 0.3) is 0 Å². The van der Waals surface area contributed by atoms with Crippen LogP contribution in [0.5, 0.6) is 0 Å². The first-order valence-electron chi connectivity index (χ1n) is 9.00. The van der Waals surface area contributed by atoms with E-state index in [-0.39, 0.29) is 22.0 Å². The highest BCUT2D eigenvalue weighted by Gasteiger charge is 2.31. The maximum Gasteiger partial charge on any atom is 0.316 e. The van der Waals surface area contributed by atoms with Crippen molar-refractivity contribution in [2.45, 2.75) is 53.9 Å². The lowest BCUT2D eigenvalue weighted by Crippen LogP contribution is -2.23. The Bertz CT molecular complexity index is 1030. The van der Waals surface area contributed by atoms with Crippen molar-refractivity contribution in [1.82, 2.24) is 19.6 Å². The van der Waals surface area contributed by atoms with Crippen molar-refractivity contribution in [3.05, 3.63) is 32.8 Å². The lowest BCUT2D eigenvalue weighted by molar-refractivity contribution is -0.145. The number of aryl methyl sites for hydroxylation is 2. The average Bonchev–Trinajstić information content (AvgIpc) is 3.06. The van der Waals surface area contributed by atoms with Crippen LogP contribution in [0.2, 0.25) is 5.15 Å². The highest BCUT2D eigenvalue weighted by Crippen LogP contribution is 2.35. The second-order valence-corrected chi connectivity index (χ2v) is 10.0. The van der Waals surface area contributed by atoms with E-state index in [2.05, 4.69) is 32.2 Å². The molecule has 0 unspecified atom stereocenters. The van der Waals surface area contributed by atoms with Crippen molar-refractivity contribution in [3.8, 4) is 6.07 Å². The third-order valence-electron chi connectivity index (χ3n) is 4.12. The Labute approximate surface area is 184 Å². The zero-order valence-electron chi connectivity index (χ0n) is 17.9. The summed E-state index contributed by atoms with van der Waals surface area (Å²) in [6.07, 6.45) is 1.67. The number of esters is 1. The van der Waals surface area contributed by atoms with Gasteiger partial charge in [-0.15, -0.1) is 0 Å². The van der Waals surface area contributed by atoms with Gasteiger partial charge in [-0.1, -0.05) is 32.4 Å². The summed E-state index contributed by atoms with van der Waals surface area (Å²) in [6, 6.07) is 2.12.